The largest absolute Gasteiger partial charge is 0.379 e. The van der Waals surface area contributed by atoms with Gasteiger partial charge in [-0.1, -0.05) is 42.8 Å². The molecule has 122 valence electrons. The zero-order valence-corrected chi connectivity index (χ0v) is 13.7. The van der Waals surface area contributed by atoms with E-state index in [4.69, 9.17) is 4.74 Å². The zero-order chi connectivity index (χ0) is 16.0. The van der Waals surface area contributed by atoms with Crippen molar-refractivity contribution in [1.82, 2.24) is 9.80 Å². The Kier molecular flexibility index (Phi) is 5.45. The maximum Gasteiger partial charge on any atom is 0.183 e. The normalized spacial score (nSPS) is 23.4. The molecule has 3 rings (SSSR count). The summed E-state index contributed by atoms with van der Waals surface area (Å²) in [5.74, 6) is 0. The molecule has 0 radical (unpaired) electrons. The number of piperidine rings is 1. The second-order valence-corrected chi connectivity index (χ2v) is 6.23. The van der Waals surface area contributed by atoms with Crippen molar-refractivity contribution in [2.24, 2.45) is 0 Å². The van der Waals surface area contributed by atoms with Crippen molar-refractivity contribution >= 4 is 6.08 Å². The summed E-state index contributed by atoms with van der Waals surface area (Å²) in [6.45, 7) is 5.01. The third-order valence-electron chi connectivity index (χ3n) is 4.80. The number of benzene rings is 1. The van der Waals surface area contributed by atoms with E-state index in [0.717, 1.165) is 31.7 Å². The summed E-state index contributed by atoms with van der Waals surface area (Å²) >= 11 is 0. The molecule has 0 spiro atoms. The lowest BCUT2D eigenvalue weighted by atomic mass is 10.00. The molecule has 0 aromatic heterocycles. The smallest absolute Gasteiger partial charge is 0.183 e. The Labute approximate surface area is 139 Å². The van der Waals surface area contributed by atoms with Gasteiger partial charge in [-0.2, -0.15) is 5.26 Å². The van der Waals surface area contributed by atoms with E-state index in [1.54, 1.807) is 0 Å². The highest BCUT2D eigenvalue weighted by Gasteiger charge is 2.41. The van der Waals surface area contributed by atoms with Gasteiger partial charge >= 0.3 is 0 Å². The van der Waals surface area contributed by atoms with Gasteiger partial charge in [-0.3, -0.25) is 9.80 Å². The van der Waals surface area contributed by atoms with E-state index < -0.39 is 5.66 Å². The summed E-state index contributed by atoms with van der Waals surface area (Å²) in [4.78, 5) is 4.63. The second-order valence-electron chi connectivity index (χ2n) is 6.23. The van der Waals surface area contributed by atoms with Crippen LogP contribution >= 0.6 is 0 Å². The van der Waals surface area contributed by atoms with E-state index in [1.165, 1.54) is 19.3 Å². The van der Waals surface area contributed by atoms with E-state index in [2.05, 4.69) is 40.2 Å². The van der Waals surface area contributed by atoms with Gasteiger partial charge in [-0.05, 0) is 24.5 Å². The van der Waals surface area contributed by atoms with Crippen LogP contribution in [0.15, 0.2) is 36.4 Å². The van der Waals surface area contributed by atoms with Crippen LogP contribution < -0.4 is 0 Å². The van der Waals surface area contributed by atoms with Gasteiger partial charge in [-0.15, -0.1) is 0 Å². The van der Waals surface area contributed by atoms with Crippen LogP contribution in [0.3, 0.4) is 0 Å². The Bertz CT molecular complexity index is 534. The summed E-state index contributed by atoms with van der Waals surface area (Å²) in [5.41, 5.74) is 0.484. The minimum Gasteiger partial charge on any atom is -0.379 e. The number of morpholine rings is 1. The summed E-state index contributed by atoms with van der Waals surface area (Å²) in [6, 6.07) is 12.9. The standard InChI is InChI=1S/C19H25N3O/c20-17-19(21-11-5-2-6-12-21,22-13-15-23-16-14-22)10-9-18-7-3-1-4-8-18/h1,3-4,7-10H,2,5-6,11-16H2/b10-9+. The number of rotatable bonds is 4. The number of hydrogen-bond donors (Lipinski definition) is 0. The van der Waals surface area contributed by atoms with Gasteiger partial charge in [0.1, 0.15) is 6.07 Å². The average Bonchev–Trinajstić information content (AvgIpc) is 2.65. The van der Waals surface area contributed by atoms with Crippen molar-refractivity contribution in [3.63, 3.8) is 0 Å². The fourth-order valence-electron chi connectivity index (χ4n) is 3.51. The van der Waals surface area contributed by atoms with Crippen molar-refractivity contribution in [3.8, 4) is 6.07 Å². The molecule has 4 heteroatoms. The van der Waals surface area contributed by atoms with Crippen LogP contribution in [0.4, 0.5) is 0 Å². The molecular formula is C19H25N3O. The quantitative estimate of drug-likeness (QED) is 0.857. The molecule has 0 aliphatic carbocycles. The third kappa shape index (κ3) is 3.64. The summed E-state index contributed by atoms with van der Waals surface area (Å²) in [6.07, 6.45) is 7.80. The molecule has 0 amide bonds. The first-order valence-electron chi connectivity index (χ1n) is 8.58. The maximum atomic E-state index is 10.1. The molecule has 0 N–H and O–H groups in total. The average molecular weight is 311 g/mol. The van der Waals surface area contributed by atoms with Crippen LogP contribution in [0.25, 0.3) is 6.08 Å². The monoisotopic (exact) mass is 311 g/mol. The van der Waals surface area contributed by atoms with Gasteiger partial charge in [-0.25, -0.2) is 0 Å². The molecule has 0 saturated carbocycles. The topological polar surface area (TPSA) is 39.5 Å². The maximum absolute atomic E-state index is 10.1. The van der Waals surface area contributed by atoms with E-state index >= 15 is 0 Å². The predicted molar refractivity (Wildman–Crippen MR) is 91.6 cm³/mol. The lowest BCUT2D eigenvalue weighted by Gasteiger charge is -2.47. The number of nitriles is 1. The minimum atomic E-state index is -0.653. The Hall–Kier alpha value is -1.67. The number of likely N-dealkylation sites (tertiary alicyclic amines) is 1. The van der Waals surface area contributed by atoms with Gasteiger partial charge in [0.2, 0.25) is 0 Å². The molecule has 1 unspecified atom stereocenters. The van der Waals surface area contributed by atoms with Crippen molar-refractivity contribution in [3.05, 3.63) is 42.0 Å². The lowest BCUT2D eigenvalue weighted by Crippen LogP contribution is -2.62. The van der Waals surface area contributed by atoms with Gasteiger partial charge in [0.15, 0.2) is 5.66 Å². The minimum absolute atomic E-state index is 0.653. The van der Waals surface area contributed by atoms with Gasteiger partial charge < -0.3 is 4.74 Å². The van der Waals surface area contributed by atoms with Gasteiger partial charge in [0.05, 0.1) is 13.2 Å². The first kappa shape index (κ1) is 16.2. The first-order valence-corrected chi connectivity index (χ1v) is 8.58. The van der Waals surface area contributed by atoms with Crippen LogP contribution in [0.5, 0.6) is 0 Å². The number of ether oxygens (including phenoxy) is 1. The van der Waals surface area contributed by atoms with Gasteiger partial charge in [0.25, 0.3) is 0 Å². The Morgan fingerprint density at radius 3 is 2.26 bits per heavy atom. The van der Waals surface area contributed by atoms with Crippen molar-refractivity contribution in [2.75, 3.05) is 39.4 Å². The summed E-state index contributed by atoms with van der Waals surface area (Å²) < 4.78 is 5.50. The molecule has 1 aromatic rings. The molecule has 2 aliphatic heterocycles. The second kappa shape index (κ2) is 7.74. The Morgan fingerprint density at radius 2 is 1.61 bits per heavy atom. The lowest BCUT2D eigenvalue weighted by molar-refractivity contribution is -0.0524. The number of nitrogens with zero attached hydrogens (tertiary/aromatic N) is 3. The molecule has 1 aromatic carbocycles. The van der Waals surface area contributed by atoms with Crippen LogP contribution in [0.2, 0.25) is 0 Å². The molecular weight excluding hydrogens is 286 g/mol. The highest BCUT2D eigenvalue weighted by atomic mass is 16.5. The predicted octanol–water partition coefficient (Wildman–Crippen LogP) is 2.74. The molecule has 2 fully saturated rings. The van der Waals surface area contributed by atoms with Crippen molar-refractivity contribution in [2.45, 2.75) is 24.9 Å². The highest BCUT2D eigenvalue weighted by molar-refractivity contribution is 5.52. The molecule has 23 heavy (non-hydrogen) atoms. The van der Waals surface area contributed by atoms with E-state index in [1.807, 2.05) is 18.2 Å². The van der Waals surface area contributed by atoms with Gasteiger partial charge in [0, 0.05) is 26.2 Å². The molecule has 2 aliphatic rings. The van der Waals surface area contributed by atoms with Crippen molar-refractivity contribution < 1.29 is 4.74 Å². The van der Waals surface area contributed by atoms with E-state index in [-0.39, 0.29) is 0 Å². The third-order valence-corrected chi connectivity index (χ3v) is 4.80. The fraction of sp³-hybridized carbons (Fsp3) is 0.526. The molecule has 1 atom stereocenters. The highest BCUT2D eigenvalue weighted by Crippen LogP contribution is 2.28. The van der Waals surface area contributed by atoms with Crippen LogP contribution in [-0.2, 0) is 4.74 Å². The zero-order valence-electron chi connectivity index (χ0n) is 13.7. The molecule has 2 saturated heterocycles. The van der Waals surface area contributed by atoms with Crippen LogP contribution in [-0.4, -0.2) is 54.9 Å². The number of hydrogen-bond acceptors (Lipinski definition) is 4. The van der Waals surface area contributed by atoms with Crippen molar-refractivity contribution in [1.29, 1.82) is 5.26 Å². The summed E-state index contributed by atoms with van der Waals surface area (Å²) in [5, 5.41) is 10.1. The molecule has 0 bridgehead atoms. The molecule has 2 heterocycles. The Balaban J connectivity index is 1.90. The first-order chi connectivity index (χ1) is 11.3. The fourth-order valence-corrected chi connectivity index (χ4v) is 3.51. The summed E-state index contributed by atoms with van der Waals surface area (Å²) in [7, 11) is 0. The van der Waals surface area contributed by atoms with Crippen LogP contribution in [0.1, 0.15) is 24.8 Å². The van der Waals surface area contributed by atoms with E-state index in [9.17, 15) is 5.26 Å². The molecule has 4 nitrogen and oxygen atoms in total. The Morgan fingerprint density at radius 1 is 0.957 bits per heavy atom. The van der Waals surface area contributed by atoms with Crippen LogP contribution in [0, 0.1) is 11.3 Å². The SMILES string of the molecule is N#CC(/C=C/c1ccccc1)(N1CCCCC1)N1CCOCC1. The van der Waals surface area contributed by atoms with E-state index in [0.29, 0.717) is 13.2 Å².